The Morgan fingerprint density at radius 1 is 1.80 bits per heavy atom. The minimum Gasteiger partial charge on any atom is -0.0957 e. The van der Waals surface area contributed by atoms with Crippen LogP contribution < -0.4 is 0 Å². The Balaban J connectivity index is 2.54. The van der Waals surface area contributed by atoms with Gasteiger partial charge in [0.1, 0.15) is 7.28 Å². The van der Waals surface area contributed by atoms with Crippen molar-refractivity contribution in [3.8, 4) is 0 Å². The average molecular weight is 67.7 g/mol. The Hall–Kier alpha value is 0.130. The maximum Gasteiger partial charge on any atom is 0.112 e. The van der Waals surface area contributed by atoms with Crippen molar-refractivity contribution in [2.24, 2.45) is 0 Å². The first-order valence-electron chi connectivity index (χ1n) is 2.27. The lowest BCUT2D eigenvalue weighted by Gasteiger charge is -1.87. The van der Waals surface area contributed by atoms with Gasteiger partial charge in [-0.1, -0.05) is 19.5 Å². The summed E-state index contributed by atoms with van der Waals surface area (Å²) in [6.45, 7) is 4.42. The summed E-state index contributed by atoms with van der Waals surface area (Å²) < 4.78 is 0. The van der Waals surface area contributed by atoms with Crippen LogP contribution in [0.3, 0.4) is 0 Å². The first kappa shape index (κ1) is 5.13. The molecule has 0 radical (unpaired) electrons. The second-order valence-electron chi connectivity index (χ2n) is 1.80. The lowest BCUT2D eigenvalue weighted by Crippen LogP contribution is -1.89. The normalized spacial score (nSPS) is 14.0. The van der Waals surface area contributed by atoms with Gasteiger partial charge >= 0.3 is 0 Å². The number of hydrogen-bond acceptors (Lipinski definition) is 0. The highest BCUT2D eigenvalue weighted by molar-refractivity contribution is 6.48. The second-order valence-corrected chi connectivity index (χ2v) is 1.80. The molecule has 0 aromatic rings. The van der Waals surface area contributed by atoms with E-state index in [9.17, 15) is 0 Å². The second kappa shape index (κ2) is 2.37. The molecule has 0 aliphatic heterocycles. The van der Waals surface area contributed by atoms with E-state index in [1.807, 2.05) is 0 Å². The van der Waals surface area contributed by atoms with Crippen LogP contribution in [0.1, 0.15) is 6.92 Å². The van der Waals surface area contributed by atoms with Crippen LogP contribution in [-0.4, -0.2) is 15.1 Å². The van der Waals surface area contributed by atoms with Gasteiger partial charge in [-0.05, 0) is 0 Å². The van der Waals surface area contributed by atoms with Crippen molar-refractivity contribution in [1.82, 2.24) is 0 Å². The quantitative estimate of drug-likeness (QED) is 0.375. The molecule has 0 amide bonds. The van der Waals surface area contributed by atoms with Crippen LogP contribution in [0.2, 0.25) is 12.5 Å². The Morgan fingerprint density at radius 3 is 2.00 bits per heavy atom. The standard InChI is InChI=1S/C3H10B2/c1-3(4)5-2/h3,5H,4H2,1-2H3/t3-/m0/s1. The third-order valence-electron chi connectivity index (χ3n) is 0.816. The maximum atomic E-state index is 2.22. The van der Waals surface area contributed by atoms with E-state index in [0.717, 1.165) is 5.72 Å². The molecule has 0 saturated carbocycles. The molecular formula is C3H10B2. The summed E-state index contributed by atoms with van der Waals surface area (Å²) in [6, 6.07) is 0. The summed E-state index contributed by atoms with van der Waals surface area (Å²) in [4.78, 5) is 0. The highest BCUT2D eigenvalue weighted by Gasteiger charge is 1.84. The largest absolute Gasteiger partial charge is 0.112 e. The number of hydrogen-bond donors (Lipinski definition) is 0. The molecule has 0 unspecified atom stereocenters. The molecule has 5 heavy (non-hydrogen) atoms. The van der Waals surface area contributed by atoms with Gasteiger partial charge < -0.3 is 0 Å². The van der Waals surface area contributed by atoms with Crippen molar-refractivity contribution in [3.63, 3.8) is 0 Å². The van der Waals surface area contributed by atoms with Gasteiger partial charge in [0, 0.05) is 0 Å². The van der Waals surface area contributed by atoms with Crippen LogP contribution in [0.15, 0.2) is 0 Å². The molecule has 0 rings (SSSR count). The van der Waals surface area contributed by atoms with Crippen molar-refractivity contribution < 1.29 is 0 Å². The summed E-state index contributed by atoms with van der Waals surface area (Å²) in [6.07, 6.45) is 0. The first-order valence-corrected chi connectivity index (χ1v) is 2.27. The van der Waals surface area contributed by atoms with E-state index >= 15 is 0 Å². The van der Waals surface area contributed by atoms with Gasteiger partial charge in [-0.3, -0.25) is 0 Å². The predicted octanol–water partition coefficient (Wildman–Crippen LogP) is -0.130. The van der Waals surface area contributed by atoms with Crippen molar-refractivity contribution in [2.45, 2.75) is 19.5 Å². The molecule has 0 aliphatic rings. The smallest absolute Gasteiger partial charge is 0.0957 e. The van der Waals surface area contributed by atoms with Gasteiger partial charge in [0.15, 0.2) is 0 Å². The summed E-state index contributed by atoms with van der Waals surface area (Å²) in [7, 11) is 3.53. The average Bonchev–Trinajstić information content (AvgIpc) is 1.38. The zero-order valence-electron chi connectivity index (χ0n) is 4.28. The van der Waals surface area contributed by atoms with Gasteiger partial charge in [0.2, 0.25) is 0 Å². The molecule has 0 heterocycles. The fourth-order valence-corrected chi connectivity index (χ4v) is 0. The highest BCUT2D eigenvalue weighted by Crippen LogP contribution is 1.86. The number of rotatable bonds is 1. The molecule has 0 aromatic heterocycles. The molecular weight excluding hydrogens is 57.7 g/mol. The lowest BCUT2D eigenvalue weighted by molar-refractivity contribution is 1.34. The molecule has 28 valence electrons. The van der Waals surface area contributed by atoms with E-state index in [-0.39, 0.29) is 0 Å². The first-order chi connectivity index (χ1) is 2.27. The van der Waals surface area contributed by atoms with Crippen LogP contribution >= 0.6 is 0 Å². The Kier molecular flexibility index (Phi) is 2.43. The van der Waals surface area contributed by atoms with Gasteiger partial charge in [0.25, 0.3) is 0 Å². The maximum absolute atomic E-state index is 2.22. The molecule has 2 heteroatoms. The molecule has 0 aromatic carbocycles. The zero-order valence-corrected chi connectivity index (χ0v) is 4.28. The van der Waals surface area contributed by atoms with Crippen LogP contribution in [0.5, 0.6) is 0 Å². The lowest BCUT2D eigenvalue weighted by atomic mass is 9.58. The van der Waals surface area contributed by atoms with Crippen molar-refractivity contribution >= 4 is 15.1 Å². The Bertz CT molecular complexity index is 18.9. The topological polar surface area (TPSA) is 0 Å². The summed E-state index contributed by atoms with van der Waals surface area (Å²) in [5, 5.41) is 0. The fraction of sp³-hybridized carbons (Fsp3) is 1.00. The molecule has 0 nitrogen and oxygen atoms in total. The van der Waals surface area contributed by atoms with E-state index in [4.69, 9.17) is 0 Å². The van der Waals surface area contributed by atoms with Gasteiger partial charge in [0.05, 0.1) is 7.85 Å². The molecule has 0 aliphatic carbocycles. The van der Waals surface area contributed by atoms with E-state index in [1.54, 1.807) is 0 Å². The molecule has 0 saturated heterocycles. The third-order valence-corrected chi connectivity index (χ3v) is 0.816. The Morgan fingerprint density at radius 2 is 2.00 bits per heavy atom. The molecule has 0 bridgehead atoms. The molecule has 1 atom stereocenters. The van der Waals surface area contributed by atoms with Crippen LogP contribution in [0.25, 0.3) is 0 Å². The monoisotopic (exact) mass is 68.1 g/mol. The van der Waals surface area contributed by atoms with Gasteiger partial charge in [-0.2, -0.15) is 0 Å². The van der Waals surface area contributed by atoms with Crippen LogP contribution in [0.4, 0.5) is 0 Å². The van der Waals surface area contributed by atoms with Gasteiger partial charge in [-0.25, -0.2) is 0 Å². The minimum absolute atomic E-state index is 0.884. The summed E-state index contributed by atoms with van der Waals surface area (Å²) >= 11 is 0. The van der Waals surface area contributed by atoms with Crippen LogP contribution in [0, 0.1) is 0 Å². The molecule has 0 N–H and O–H groups in total. The summed E-state index contributed by atoms with van der Waals surface area (Å²) in [5.41, 5.74) is 0.884. The fourth-order valence-electron chi connectivity index (χ4n) is 0. The third kappa shape index (κ3) is 4.13. The minimum atomic E-state index is 0.884. The van der Waals surface area contributed by atoms with E-state index in [1.165, 1.54) is 7.28 Å². The molecule has 0 fully saturated rings. The van der Waals surface area contributed by atoms with E-state index < -0.39 is 0 Å². The van der Waals surface area contributed by atoms with Crippen molar-refractivity contribution in [2.75, 3.05) is 0 Å². The SMILES string of the molecule is B[C@H](C)BC. The van der Waals surface area contributed by atoms with Crippen molar-refractivity contribution in [3.05, 3.63) is 0 Å². The van der Waals surface area contributed by atoms with Gasteiger partial charge in [-0.15, -0.1) is 0 Å². The Labute approximate surface area is 35.6 Å². The van der Waals surface area contributed by atoms with Crippen LogP contribution in [-0.2, 0) is 0 Å². The molecule has 0 spiro atoms. The van der Waals surface area contributed by atoms with E-state index in [2.05, 4.69) is 21.6 Å². The van der Waals surface area contributed by atoms with Crippen molar-refractivity contribution in [1.29, 1.82) is 0 Å². The summed E-state index contributed by atoms with van der Waals surface area (Å²) in [5.74, 6) is 0. The predicted molar refractivity (Wildman–Crippen MR) is 31.0 cm³/mol. The zero-order chi connectivity index (χ0) is 4.28. The highest BCUT2D eigenvalue weighted by atomic mass is 13.5. The van der Waals surface area contributed by atoms with E-state index in [0.29, 0.717) is 0 Å².